The summed E-state index contributed by atoms with van der Waals surface area (Å²) in [5.41, 5.74) is 1.72. The number of ether oxygens (including phenoxy) is 1. The predicted octanol–water partition coefficient (Wildman–Crippen LogP) is 5.65. The van der Waals surface area contributed by atoms with Gasteiger partial charge in [0.1, 0.15) is 5.75 Å². The van der Waals surface area contributed by atoms with E-state index in [0.29, 0.717) is 35.9 Å². The number of rotatable bonds is 3. The van der Waals surface area contributed by atoms with Crippen molar-refractivity contribution in [3.63, 3.8) is 0 Å². The smallest absolute Gasteiger partial charge is 0.255 e. The lowest BCUT2D eigenvalue weighted by Gasteiger charge is -2.42. The van der Waals surface area contributed by atoms with E-state index in [2.05, 4.69) is 17.4 Å². The molecule has 6 heteroatoms. The zero-order chi connectivity index (χ0) is 23.8. The van der Waals surface area contributed by atoms with Gasteiger partial charge < -0.3 is 15.0 Å². The minimum absolute atomic E-state index is 0.0273. The molecule has 0 aliphatic carbocycles. The van der Waals surface area contributed by atoms with Crippen LogP contribution in [0.4, 0.5) is 0 Å². The average Bonchev–Trinajstić information content (AvgIpc) is 2.87. The van der Waals surface area contributed by atoms with Crippen LogP contribution in [-0.4, -0.2) is 43.0 Å². The number of nitrogens with zero attached hydrogens (tertiary/aromatic N) is 1. The van der Waals surface area contributed by atoms with Gasteiger partial charge in [0, 0.05) is 31.1 Å². The molecular weight excluding hydrogens is 448 g/mol. The Labute approximate surface area is 207 Å². The second-order valence-corrected chi connectivity index (χ2v) is 10.1. The molecule has 5 nitrogen and oxygen atoms in total. The molecule has 1 spiro atoms. The van der Waals surface area contributed by atoms with E-state index >= 15 is 0 Å². The van der Waals surface area contributed by atoms with Gasteiger partial charge in [-0.1, -0.05) is 61.2 Å². The molecule has 182 valence electrons. The first-order valence-corrected chi connectivity index (χ1v) is 12.9. The molecule has 2 amide bonds. The molecule has 1 fully saturated rings. The van der Waals surface area contributed by atoms with Gasteiger partial charge in [-0.3, -0.25) is 9.59 Å². The number of nitrogens with one attached hydrogen (secondary N) is 1. The van der Waals surface area contributed by atoms with Crippen LogP contribution < -0.4 is 10.1 Å². The van der Waals surface area contributed by atoms with Crippen LogP contribution in [0.25, 0.3) is 0 Å². The van der Waals surface area contributed by atoms with Gasteiger partial charge in [0.15, 0.2) is 0 Å². The zero-order valence-corrected chi connectivity index (χ0v) is 20.6. The monoisotopic (exact) mass is 482 g/mol. The number of benzene rings is 2. The van der Waals surface area contributed by atoms with Gasteiger partial charge in [0.2, 0.25) is 5.91 Å². The number of carbonyl (C=O) groups excluding carboxylic acids is 2. The summed E-state index contributed by atoms with van der Waals surface area (Å²) in [6.45, 7) is 2.74. The summed E-state index contributed by atoms with van der Waals surface area (Å²) in [5, 5.41) is 3.70. The van der Waals surface area contributed by atoms with Crippen LogP contribution in [0.2, 0.25) is 5.02 Å². The van der Waals surface area contributed by atoms with E-state index in [4.69, 9.17) is 16.3 Å². The SMILES string of the molecule is O=C1NCC2(CCCCCCOc3ccc(Cl)cc31)CCN(C(=O)CCc1ccccc1)CC2. The van der Waals surface area contributed by atoms with E-state index in [-0.39, 0.29) is 17.2 Å². The first-order valence-electron chi connectivity index (χ1n) is 12.6. The first-order chi connectivity index (χ1) is 16.5. The van der Waals surface area contributed by atoms with Crippen LogP contribution in [-0.2, 0) is 11.2 Å². The van der Waals surface area contributed by atoms with E-state index in [1.807, 2.05) is 23.1 Å². The first kappa shape index (κ1) is 24.6. The van der Waals surface area contributed by atoms with Crippen molar-refractivity contribution in [3.8, 4) is 5.75 Å². The van der Waals surface area contributed by atoms with Gasteiger partial charge in [0.05, 0.1) is 12.2 Å². The summed E-state index contributed by atoms with van der Waals surface area (Å²) in [6.07, 6.45) is 8.62. The summed E-state index contributed by atoms with van der Waals surface area (Å²) >= 11 is 6.17. The fraction of sp³-hybridized carbons (Fsp3) is 0.500. The molecule has 0 radical (unpaired) electrons. The number of hydrogen-bond acceptors (Lipinski definition) is 3. The van der Waals surface area contributed by atoms with Crippen LogP contribution in [0.5, 0.6) is 5.75 Å². The van der Waals surface area contributed by atoms with E-state index in [0.717, 1.165) is 64.5 Å². The van der Waals surface area contributed by atoms with Gasteiger partial charge in [0.25, 0.3) is 5.91 Å². The molecule has 4 rings (SSSR count). The third-order valence-electron chi connectivity index (χ3n) is 7.32. The number of amides is 2. The van der Waals surface area contributed by atoms with Crippen molar-refractivity contribution >= 4 is 23.4 Å². The van der Waals surface area contributed by atoms with Crippen LogP contribution in [0.3, 0.4) is 0 Å². The topological polar surface area (TPSA) is 58.6 Å². The van der Waals surface area contributed by atoms with Crippen molar-refractivity contribution in [2.75, 3.05) is 26.2 Å². The number of halogens is 1. The Morgan fingerprint density at radius 3 is 2.56 bits per heavy atom. The third-order valence-corrected chi connectivity index (χ3v) is 7.55. The number of hydrogen-bond donors (Lipinski definition) is 1. The number of fused-ring (bicyclic) bond motifs is 1. The standard InChI is InChI=1S/C28H35ClN2O3/c29-23-11-12-25-24(20-23)27(33)30-21-28(14-6-1-2-7-19-34-25)15-17-31(18-16-28)26(32)13-10-22-8-4-3-5-9-22/h3-5,8-9,11-12,20H,1-2,6-7,10,13-19,21H2,(H,30,33). The number of carbonyl (C=O) groups is 2. The molecule has 2 aromatic carbocycles. The van der Waals surface area contributed by atoms with Gasteiger partial charge in [-0.15, -0.1) is 0 Å². The Morgan fingerprint density at radius 2 is 1.76 bits per heavy atom. The average molecular weight is 483 g/mol. The lowest BCUT2D eigenvalue weighted by molar-refractivity contribution is -0.133. The highest BCUT2D eigenvalue weighted by atomic mass is 35.5. The van der Waals surface area contributed by atoms with E-state index in [1.165, 1.54) is 5.56 Å². The molecule has 2 heterocycles. The van der Waals surface area contributed by atoms with E-state index < -0.39 is 0 Å². The van der Waals surface area contributed by atoms with Gasteiger partial charge in [-0.2, -0.15) is 0 Å². The van der Waals surface area contributed by atoms with E-state index in [9.17, 15) is 9.59 Å². The Kier molecular flexibility index (Phi) is 8.49. The lowest BCUT2D eigenvalue weighted by atomic mass is 9.74. The van der Waals surface area contributed by atoms with Crippen LogP contribution in [0.1, 0.15) is 67.3 Å². The van der Waals surface area contributed by atoms with Crippen molar-refractivity contribution in [2.24, 2.45) is 5.41 Å². The molecule has 1 N–H and O–H groups in total. The highest BCUT2D eigenvalue weighted by molar-refractivity contribution is 6.31. The highest BCUT2D eigenvalue weighted by Crippen LogP contribution is 2.37. The van der Waals surface area contributed by atoms with Crippen molar-refractivity contribution in [1.82, 2.24) is 10.2 Å². The number of aryl methyl sites for hydroxylation is 1. The summed E-state index contributed by atoms with van der Waals surface area (Å²) in [7, 11) is 0. The molecule has 2 aliphatic rings. The fourth-order valence-corrected chi connectivity index (χ4v) is 5.28. The third kappa shape index (κ3) is 6.53. The van der Waals surface area contributed by atoms with Gasteiger partial charge in [-0.25, -0.2) is 0 Å². The summed E-state index contributed by atoms with van der Waals surface area (Å²) in [5.74, 6) is 0.680. The highest BCUT2D eigenvalue weighted by Gasteiger charge is 2.36. The molecule has 0 saturated carbocycles. The van der Waals surface area contributed by atoms with Crippen molar-refractivity contribution in [1.29, 1.82) is 0 Å². The Balaban J connectivity index is 1.38. The Hall–Kier alpha value is -2.53. The van der Waals surface area contributed by atoms with Crippen molar-refractivity contribution < 1.29 is 14.3 Å². The van der Waals surface area contributed by atoms with Gasteiger partial charge >= 0.3 is 0 Å². The summed E-state index contributed by atoms with van der Waals surface area (Å²) in [4.78, 5) is 27.9. The molecule has 2 aromatic rings. The molecule has 0 atom stereocenters. The molecule has 0 bridgehead atoms. The molecule has 2 aliphatic heterocycles. The summed E-state index contributed by atoms with van der Waals surface area (Å²) < 4.78 is 5.90. The molecule has 0 unspecified atom stereocenters. The quantitative estimate of drug-likeness (QED) is 0.614. The molecular formula is C28H35ClN2O3. The molecule has 34 heavy (non-hydrogen) atoms. The molecule has 0 aromatic heterocycles. The zero-order valence-electron chi connectivity index (χ0n) is 19.9. The number of piperidine rings is 1. The van der Waals surface area contributed by atoms with Gasteiger partial charge in [-0.05, 0) is 61.3 Å². The largest absolute Gasteiger partial charge is 0.493 e. The minimum atomic E-state index is -0.141. The second-order valence-electron chi connectivity index (χ2n) is 9.70. The van der Waals surface area contributed by atoms with E-state index in [1.54, 1.807) is 18.2 Å². The lowest BCUT2D eigenvalue weighted by Crippen LogP contribution is -2.48. The maximum atomic E-state index is 13.1. The number of likely N-dealkylation sites (tertiary alicyclic amines) is 1. The maximum absolute atomic E-state index is 13.1. The predicted molar refractivity (Wildman–Crippen MR) is 135 cm³/mol. The minimum Gasteiger partial charge on any atom is -0.493 e. The van der Waals surface area contributed by atoms with Crippen LogP contribution in [0.15, 0.2) is 48.5 Å². The Morgan fingerprint density at radius 1 is 1.00 bits per heavy atom. The fourth-order valence-electron chi connectivity index (χ4n) is 5.11. The second kappa shape index (κ2) is 11.7. The normalized spacial score (nSPS) is 19.1. The summed E-state index contributed by atoms with van der Waals surface area (Å²) in [6, 6.07) is 15.4. The van der Waals surface area contributed by atoms with Crippen molar-refractivity contribution in [2.45, 2.75) is 57.8 Å². The van der Waals surface area contributed by atoms with Crippen LogP contribution in [0, 0.1) is 5.41 Å². The maximum Gasteiger partial charge on any atom is 0.255 e. The molecule has 1 saturated heterocycles. The Bertz CT molecular complexity index is 971. The van der Waals surface area contributed by atoms with Crippen molar-refractivity contribution in [3.05, 3.63) is 64.7 Å². The van der Waals surface area contributed by atoms with Crippen LogP contribution >= 0.6 is 11.6 Å².